The molecule has 1 aromatic rings. The van der Waals surface area contributed by atoms with Gasteiger partial charge >= 0.3 is 5.97 Å². The minimum Gasteiger partial charge on any atom is -0.478 e. The van der Waals surface area contributed by atoms with Crippen LogP contribution in [0.25, 0.3) is 5.57 Å². The number of fused-ring (bicyclic) bond motifs is 7. The molecule has 2 N–H and O–H groups in total. The van der Waals surface area contributed by atoms with Crippen LogP contribution in [-0.2, 0) is 4.79 Å². The second-order valence-corrected chi connectivity index (χ2v) is 18.4. The van der Waals surface area contributed by atoms with Gasteiger partial charge in [-0.2, -0.15) is 0 Å². The standard InChI is InChI=1S/C40H57FN2O3.C3H8/c1-36(2)28(26-10-11-27(35(45)46)31(41)24-26)14-17-37(3)32(36)15-18-39(5)33(37)13-12-29-30-8-6-16-40(30,20-19-38(29,39)4)25-42-21-23-43-22-7-9-34(43)44;1-3-2/h10-11,14,24,29-30,32-33,42H,6-9,12-13,15-23,25H2,1-5H3,(H,45,46);3H2,1-2H3/t29?,30?,32?,33?,37-,38+,39+,40+;/m0./s1. The fourth-order valence-corrected chi connectivity index (χ4v) is 13.5. The lowest BCUT2D eigenvalue weighted by atomic mass is 9.32. The zero-order valence-corrected chi connectivity index (χ0v) is 31.7. The quantitative estimate of drug-likeness (QED) is 0.282. The maximum Gasteiger partial charge on any atom is 0.338 e. The van der Waals surface area contributed by atoms with Gasteiger partial charge in [0.1, 0.15) is 5.82 Å². The molecule has 1 saturated heterocycles. The van der Waals surface area contributed by atoms with Crippen molar-refractivity contribution in [2.45, 2.75) is 132 Å². The fourth-order valence-electron chi connectivity index (χ4n) is 13.5. The summed E-state index contributed by atoms with van der Waals surface area (Å²) in [5.74, 6) is 1.22. The highest BCUT2D eigenvalue weighted by molar-refractivity contribution is 5.88. The average molecular weight is 677 g/mol. The van der Waals surface area contributed by atoms with Gasteiger partial charge in [-0.15, -0.1) is 0 Å². The Morgan fingerprint density at radius 3 is 2.37 bits per heavy atom. The van der Waals surface area contributed by atoms with Crippen molar-refractivity contribution in [2.75, 3.05) is 26.2 Å². The Labute approximate surface area is 296 Å². The Kier molecular flexibility index (Phi) is 10.0. The predicted octanol–water partition coefficient (Wildman–Crippen LogP) is 10.0. The highest BCUT2D eigenvalue weighted by Gasteiger charge is 2.69. The smallest absolute Gasteiger partial charge is 0.338 e. The number of halogens is 1. The number of allylic oxidation sites excluding steroid dienone is 2. The first kappa shape index (κ1) is 36.6. The van der Waals surface area contributed by atoms with Crippen molar-refractivity contribution in [2.24, 2.45) is 50.7 Å². The fraction of sp³-hybridized carbons (Fsp3) is 0.767. The molecule has 0 radical (unpaired) electrons. The number of likely N-dealkylation sites (tertiary alicyclic amines) is 1. The molecule has 5 aliphatic carbocycles. The lowest BCUT2D eigenvalue weighted by molar-refractivity contribution is -0.222. The van der Waals surface area contributed by atoms with Crippen LogP contribution in [0.15, 0.2) is 24.3 Å². The summed E-state index contributed by atoms with van der Waals surface area (Å²) >= 11 is 0. The summed E-state index contributed by atoms with van der Waals surface area (Å²) in [6, 6.07) is 4.71. The Morgan fingerprint density at radius 2 is 1.69 bits per heavy atom. The first-order valence-corrected chi connectivity index (χ1v) is 19.9. The van der Waals surface area contributed by atoms with E-state index >= 15 is 0 Å². The zero-order valence-electron chi connectivity index (χ0n) is 31.7. The molecule has 5 fully saturated rings. The number of amides is 1. The Morgan fingerprint density at radius 1 is 0.939 bits per heavy atom. The summed E-state index contributed by atoms with van der Waals surface area (Å²) in [4.78, 5) is 25.7. The molecule has 272 valence electrons. The van der Waals surface area contributed by atoms with Gasteiger partial charge in [0, 0.05) is 32.6 Å². The molecule has 0 spiro atoms. The van der Waals surface area contributed by atoms with E-state index in [4.69, 9.17) is 0 Å². The molecule has 1 aliphatic heterocycles. The Hall–Kier alpha value is -2.21. The van der Waals surface area contributed by atoms with Gasteiger partial charge in [0.2, 0.25) is 5.91 Å². The maximum absolute atomic E-state index is 14.8. The van der Waals surface area contributed by atoms with E-state index in [0.29, 0.717) is 34.0 Å². The number of carboxylic acids is 1. The summed E-state index contributed by atoms with van der Waals surface area (Å²) in [5, 5.41) is 13.3. The molecule has 4 saturated carbocycles. The molecule has 6 heteroatoms. The predicted molar refractivity (Wildman–Crippen MR) is 197 cm³/mol. The van der Waals surface area contributed by atoms with Gasteiger partial charge in [0.25, 0.3) is 0 Å². The molecule has 0 bridgehead atoms. The van der Waals surface area contributed by atoms with E-state index in [1.165, 1.54) is 81.9 Å². The summed E-state index contributed by atoms with van der Waals surface area (Å²) in [6.07, 6.45) is 18.3. The summed E-state index contributed by atoms with van der Waals surface area (Å²) in [7, 11) is 0. The molecule has 1 heterocycles. The minimum atomic E-state index is -1.21. The number of hydrogen-bond acceptors (Lipinski definition) is 3. The summed E-state index contributed by atoms with van der Waals surface area (Å²) in [6.45, 7) is 20.8. The van der Waals surface area contributed by atoms with Crippen LogP contribution < -0.4 is 5.32 Å². The molecule has 8 atom stereocenters. The van der Waals surface area contributed by atoms with Gasteiger partial charge in [-0.05, 0) is 138 Å². The Balaban J connectivity index is 0.00000134. The van der Waals surface area contributed by atoms with Crippen LogP contribution in [0.5, 0.6) is 0 Å². The maximum atomic E-state index is 14.8. The number of carboxylic acid groups (broad SMARTS) is 1. The highest BCUT2D eigenvalue weighted by atomic mass is 19.1. The zero-order chi connectivity index (χ0) is 35.4. The van der Waals surface area contributed by atoms with Crippen molar-refractivity contribution in [3.05, 3.63) is 41.2 Å². The summed E-state index contributed by atoms with van der Waals surface area (Å²) < 4.78 is 14.8. The van der Waals surface area contributed by atoms with E-state index in [1.807, 2.05) is 11.0 Å². The SMILES string of the molecule is CC1(C)C(c2ccc(C(=O)O)c(F)c2)=CC[C@@]2(C)C1CC[C@]1(C)C2CCC2C3CCC[C@]3(CNCCN3CCCC3=O)CC[C@]21C.CCC. The van der Waals surface area contributed by atoms with Crippen molar-refractivity contribution in [1.82, 2.24) is 10.2 Å². The first-order valence-electron chi connectivity index (χ1n) is 19.9. The van der Waals surface area contributed by atoms with Gasteiger partial charge in [-0.3, -0.25) is 4.79 Å². The molecule has 6 aliphatic rings. The number of carbonyl (C=O) groups is 2. The van der Waals surface area contributed by atoms with Crippen LogP contribution >= 0.6 is 0 Å². The molecule has 1 aromatic carbocycles. The lowest BCUT2D eigenvalue weighted by Crippen LogP contribution is -2.65. The highest BCUT2D eigenvalue weighted by Crippen LogP contribution is 2.77. The van der Waals surface area contributed by atoms with Crippen molar-refractivity contribution < 1.29 is 19.1 Å². The number of carbonyl (C=O) groups excluding carboxylic acids is 1. The molecule has 7 rings (SSSR count). The van der Waals surface area contributed by atoms with Gasteiger partial charge in [0.15, 0.2) is 0 Å². The number of hydrogen-bond donors (Lipinski definition) is 2. The first-order chi connectivity index (χ1) is 23.2. The second kappa shape index (κ2) is 13.4. The number of benzene rings is 1. The minimum absolute atomic E-state index is 0.123. The van der Waals surface area contributed by atoms with Crippen LogP contribution in [0.1, 0.15) is 148 Å². The van der Waals surface area contributed by atoms with Crippen molar-refractivity contribution in [1.29, 1.82) is 0 Å². The second-order valence-electron chi connectivity index (χ2n) is 18.4. The molecule has 5 nitrogen and oxygen atoms in total. The van der Waals surface area contributed by atoms with Crippen molar-refractivity contribution >= 4 is 17.4 Å². The Bertz CT molecular complexity index is 1450. The lowest BCUT2D eigenvalue weighted by Gasteiger charge is -2.72. The number of rotatable bonds is 7. The topological polar surface area (TPSA) is 69.6 Å². The van der Waals surface area contributed by atoms with E-state index < -0.39 is 11.8 Å². The van der Waals surface area contributed by atoms with Crippen LogP contribution in [0.2, 0.25) is 0 Å². The van der Waals surface area contributed by atoms with Gasteiger partial charge in [-0.1, -0.05) is 73.5 Å². The van der Waals surface area contributed by atoms with E-state index in [1.54, 1.807) is 0 Å². The van der Waals surface area contributed by atoms with Crippen molar-refractivity contribution in [3.8, 4) is 0 Å². The molecular formula is C43H65FN2O3. The molecule has 4 unspecified atom stereocenters. The molecule has 1 amide bonds. The molecular weight excluding hydrogens is 611 g/mol. The van der Waals surface area contributed by atoms with E-state index in [0.717, 1.165) is 62.8 Å². The normalized spacial score (nSPS) is 39.1. The van der Waals surface area contributed by atoms with Crippen LogP contribution in [0.3, 0.4) is 0 Å². The van der Waals surface area contributed by atoms with E-state index in [9.17, 15) is 19.1 Å². The largest absolute Gasteiger partial charge is 0.478 e. The van der Waals surface area contributed by atoms with E-state index in [2.05, 4.69) is 59.9 Å². The summed E-state index contributed by atoms with van der Waals surface area (Å²) in [5.41, 5.74) is 2.89. The van der Waals surface area contributed by atoms with Crippen LogP contribution in [0.4, 0.5) is 4.39 Å². The number of aromatic carboxylic acids is 1. The average Bonchev–Trinajstić information content (AvgIpc) is 3.65. The van der Waals surface area contributed by atoms with Crippen LogP contribution in [-0.4, -0.2) is 48.1 Å². The molecule has 49 heavy (non-hydrogen) atoms. The molecule has 0 aromatic heterocycles. The number of nitrogens with zero attached hydrogens (tertiary/aromatic N) is 1. The third-order valence-corrected chi connectivity index (χ3v) is 15.8. The number of nitrogens with one attached hydrogen (secondary N) is 1. The van der Waals surface area contributed by atoms with Gasteiger partial charge in [-0.25, -0.2) is 9.18 Å². The monoisotopic (exact) mass is 676 g/mol. The van der Waals surface area contributed by atoms with E-state index in [-0.39, 0.29) is 16.4 Å². The third kappa shape index (κ3) is 5.82. The van der Waals surface area contributed by atoms with Crippen molar-refractivity contribution in [3.63, 3.8) is 0 Å². The van der Waals surface area contributed by atoms with Gasteiger partial charge < -0.3 is 15.3 Å². The van der Waals surface area contributed by atoms with Crippen LogP contribution in [0, 0.1) is 56.6 Å². The third-order valence-electron chi connectivity index (χ3n) is 15.8. The van der Waals surface area contributed by atoms with Gasteiger partial charge in [0.05, 0.1) is 5.56 Å².